The molecule has 0 saturated carbocycles. The maximum atomic E-state index is 13.0. The molecule has 0 unspecified atom stereocenters. The van der Waals surface area contributed by atoms with Crippen molar-refractivity contribution in [2.24, 2.45) is 0 Å². The summed E-state index contributed by atoms with van der Waals surface area (Å²) in [5.41, 5.74) is 5.50. The molecule has 4 aromatic rings. The fourth-order valence-corrected chi connectivity index (χ4v) is 4.24. The van der Waals surface area contributed by atoms with E-state index in [9.17, 15) is 4.79 Å². The Labute approximate surface area is 160 Å². The Bertz CT molecular complexity index is 1140. The number of pyridine rings is 3. The Morgan fingerprint density at radius 2 is 1.93 bits per heavy atom. The van der Waals surface area contributed by atoms with Gasteiger partial charge in [0.15, 0.2) is 0 Å². The molecular weight excluding hydrogens is 356 g/mol. The van der Waals surface area contributed by atoms with E-state index >= 15 is 0 Å². The molecule has 5 rings (SSSR count). The van der Waals surface area contributed by atoms with Crippen molar-refractivity contribution in [2.75, 3.05) is 6.54 Å². The van der Waals surface area contributed by atoms with E-state index in [1.165, 1.54) is 4.70 Å². The summed E-state index contributed by atoms with van der Waals surface area (Å²) in [6.07, 6.45) is 5.99. The van der Waals surface area contributed by atoms with Crippen LogP contribution in [0.3, 0.4) is 0 Å². The Morgan fingerprint density at radius 3 is 2.81 bits per heavy atom. The number of thiophene rings is 1. The predicted octanol–water partition coefficient (Wildman–Crippen LogP) is 3.95. The molecule has 0 radical (unpaired) electrons. The van der Waals surface area contributed by atoms with Crippen LogP contribution in [0.25, 0.3) is 21.3 Å². The monoisotopic (exact) mass is 372 g/mol. The number of hydrogen-bond acceptors (Lipinski definition) is 5. The first kappa shape index (κ1) is 16.1. The standard InChI is InChI=1S/C21H16N4OS/c26-21-20-16(14-3-8-22-9-4-14)5-10-23-18(20)13-25(21)11-6-15-1-2-19-17(24-15)7-12-27-19/h1-5,7-10,12H,6,11,13H2. The highest BCUT2D eigenvalue weighted by atomic mass is 32.1. The molecule has 6 heteroatoms. The molecule has 5 heterocycles. The Hall–Kier alpha value is -3.12. The molecule has 0 atom stereocenters. The molecule has 1 aliphatic heterocycles. The highest BCUT2D eigenvalue weighted by Gasteiger charge is 2.31. The molecule has 5 nitrogen and oxygen atoms in total. The van der Waals surface area contributed by atoms with Crippen molar-refractivity contribution in [3.8, 4) is 11.1 Å². The van der Waals surface area contributed by atoms with Crippen LogP contribution in [0.2, 0.25) is 0 Å². The predicted molar refractivity (Wildman–Crippen MR) is 106 cm³/mol. The lowest BCUT2D eigenvalue weighted by Crippen LogP contribution is -2.26. The van der Waals surface area contributed by atoms with Crippen molar-refractivity contribution in [1.29, 1.82) is 0 Å². The van der Waals surface area contributed by atoms with Gasteiger partial charge >= 0.3 is 0 Å². The van der Waals surface area contributed by atoms with Crippen LogP contribution in [0, 0.1) is 0 Å². The largest absolute Gasteiger partial charge is 0.332 e. The lowest BCUT2D eigenvalue weighted by atomic mass is 10.0. The second-order valence-corrected chi connectivity index (χ2v) is 7.45. The van der Waals surface area contributed by atoms with Gasteiger partial charge in [-0.25, -0.2) is 0 Å². The average Bonchev–Trinajstić information content (AvgIpc) is 3.31. The van der Waals surface area contributed by atoms with Crippen LogP contribution in [0.4, 0.5) is 0 Å². The van der Waals surface area contributed by atoms with Crippen LogP contribution in [-0.4, -0.2) is 32.3 Å². The van der Waals surface area contributed by atoms with E-state index in [1.54, 1.807) is 29.9 Å². The molecular formula is C21H16N4OS. The lowest BCUT2D eigenvalue weighted by molar-refractivity contribution is 0.0780. The smallest absolute Gasteiger partial charge is 0.256 e. The van der Waals surface area contributed by atoms with E-state index in [-0.39, 0.29) is 5.91 Å². The molecule has 0 saturated heterocycles. The van der Waals surface area contributed by atoms with E-state index in [1.807, 2.05) is 40.6 Å². The van der Waals surface area contributed by atoms with E-state index in [4.69, 9.17) is 0 Å². The summed E-state index contributed by atoms with van der Waals surface area (Å²) in [5.74, 6) is 0.0431. The van der Waals surface area contributed by atoms with Gasteiger partial charge in [0.25, 0.3) is 5.91 Å². The molecule has 1 aliphatic rings. The first-order valence-electron chi connectivity index (χ1n) is 8.80. The number of fused-ring (bicyclic) bond motifs is 2. The maximum absolute atomic E-state index is 13.0. The minimum Gasteiger partial charge on any atom is -0.332 e. The molecule has 1 amide bonds. The molecule has 0 bridgehead atoms. The Kier molecular flexibility index (Phi) is 3.90. The molecule has 0 aromatic carbocycles. The quantitative estimate of drug-likeness (QED) is 0.544. The maximum Gasteiger partial charge on any atom is 0.256 e. The van der Waals surface area contributed by atoms with E-state index in [0.29, 0.717) is 18.7 Å². The number of aromatic nitrogens is 3. The van der Waals surface area contributed by atoms with Gasteiger partial charge in [-0.2, -0.15) is 0 Å². The van der Waals surface area contributed by atoms with Gasteiger partial charge in [-0.1, -0.05) is 0 Å². The molecule has 0 N–H and O–H groups in total. The number of carbonyl (C=O) groups excluding carboxylic acids is 1. The zero-order chi connectivity index (χ0) is 18.2. The van der Waals surface area contributed by atoms with Crippen LogP contribution < -0.4 is 0 Å². The summed E-state index contributed by atoms with van der Waals surface area (Å²) in [6.45, 7) is 1.18. The molecule has 4 aromatic heterocycles. The molecule has 132 valence electrons. The fourth-order valence-electron chi connectivity index (χ4n) is 3.51. The van der Waals surface area contributed by atoms with E-state index in [2.05, 4.69) is 21.0 Å². The van der Waals surface area contributed by atoms with Crippen LogP contribution in [0.5, 0.6) is 0 Å². The molecule has 27 heavy (non-hydrogen) atoms. The van der Waals surface area contributed by atoms with Crippen LogP contribution in [0.1, 0.15) is 21.7 Å². The summed E-state index contributed by atoms with van der Waals surface area (Å²) >= 11 is 1.69. The van der Waals surface area contributed by atoms with Crippen molar-refractivity contribution in [3.05, 3.63) is 77.3 Å². The summed E-state index contributed by atoms with van der Waals surface area (Å²) < 4.78 is 1.19. The number of rotatable bonds is 4. The van der Waals surface area contributed by atoms with Gasteiger partial charge in [-0.15, -0.1) is 11.3 Å². The van der Waals surface area contributed by atoms with Gasteiger partial charge in [0.1, 0.15) is 0 Å². The first-order valence-corrected chi connectivity index (χ1v) is 9.68. The third-order valence-electron chi connectivity index (χ3n) is 4.86. The van der Waals surface area contributed by atoms with E-state index < -0.39 is 0 Å². The second-order valence-electron chi connectivity index (χ2n) is 6.50. The van der Waals surface area contributed by atoms with Crippen molar-refractivity contribution >= 4 is 27.5 Å². The van der Waals surface area contributed by atoms with Crippen LogP contribution >= 0.6 is 11.3 Å². The lowest BCUT2D eigenvalue weighted by Gasteiger charge is -2.15. The summed E-state index contributed by atoms with van der Waals surface area (Å²) in [7, 11) is 0. The summed E-state index contributed by atoms with van der Waals surface area (Å²) in [5, 5.41) is 2.05. The zero-order valence-electron chi connectivity index (χ0n) is 14.5. The van der Waals surface area contributed by atoms with Crippen molar-refractivity contribution in [3.63, 3.8) is 0 Å². The average molecular weight is 372 g/mol. The van der Waals surface area contributed by atoms with Crippen molar-refractivity contribution in [2.45, 2.75) is 13.0 Å². The van der Waals surface area contributed by atoms with Crippen LogP contribution in [0.15, 0.2) is 60.4 Å². The van der Waals surface area contributed by atoms with Gasteiger partial charge in [0.05, 0.1) is 28.0 Å². The third-order valence-corrected chi connectivity index (χ3v) is 5.74. The molecule has 0 aliphatic carbocycles. The number of amides is 1. The SMILES string of the molecule is O=C1c2c(-c3ccncc3)ccnc2CN1CCc1ccc2sccc2n1. The highest BCUT2D eigenvalue weighted by Crippen LogP contribution is 2.31. The second kappa shape index (κ2) is 6.55. The minimum absolute atomic E-state index is 0.0431. The molecule has 0 spiro atoms. The fraction of sp³-hybridized carbons (Fsp3) is 0.143. The normalized spacial score (nSPS) is 13.3. The first-order chi connectivity index (χ1) is 13.3. The Balaban J connectivity index is 1.38. The summed E-state index contributed by atoms with van der Waals surface area (Å²) in [4.78, 5) is 28.1. The van der Waals surface area contributed by atoms with Gasteiger partial charge in [-0.05, 0) is 52.9 Å². The van der Waals surface area contributed by atoms with Crippen molar-refractivity contribution < 1.29 is 4.79 Å². The van der Waals surface area contributed by atoms with E-state index in [0.717, 1.165) is 34.5 Å². The minimum atomic E-state index is 0.0431. The number of hydrogen-bond donors (Lipinski definition) is 0. The van der Waals surface area contributed by atoms with Crippen molar-refractivity contribution in [1.82, 2.24) is 19.9 Å². The molecule has 0 fully saturated rings. The van der Waals surface area contributed by atoms with Gasteiger partial charge in [-0.3, -0.25) is 19.7 Å². The van der Waals surface area contributed by atoms with Crippen LogP contribution in [-0.2, 0) is 13.0 Å². The number of nitrogens with zero attached hydrogens (tertiary/aromatic N) is 4. The van der Waals surface area contributed by atoms with Gasteiger partial charge in [0, 0.05) is 37.3 Å². The van der Waals surface area contributed by atoms with Gasteiger partial charge in [0.2, 0.25) is 0 Å². The number of carbonyl (C=O) groups is 1. The van der Waals surface area contributed by atoms with Gasteiger partial charge < -0.3 is 4.90 Å². The highest BCUT2D eigenvalue weighted by molar-refractivity contribution is 7.17. The zero-order valence-corrected chi connectivity index (χ0v) is 15.3. The topological polar surface area (TPSA) is 59.0 Å². The summed E-state index contributed by atoms with van der Waals surface area (Å²) in [6, 6.07) is 11.9. The Morgan fingerprint density at radius 1 is 1.04 bits per heavy atom. The third kappa shape index (κ3) is 2.88.